The Labute approximate surface area is 263 Å². The Morgan fingerprint density at radius 1 is 0.930 bits per heavy atom. The average molecular weight is 643 g/mol. The van der Waals surface area contributed by atoms with Crippen LogP contribution in [0.3, 0.4) is 0 Å². The third-order valence-electron chi connectivity index (χ3n) is 9.06. The lowest BCUT2D eigenvalue weighted by Gasteiger charge is -2.43. The molecule has 0 saturated carbocycles. The third-order valence-corrected chi connectivity index (χ3v) is 9.58. The molecule has 3 aromatic carbocycles. The summed E-state index contributed by atoms with van der Waals surface area (Å²) in [5, 5.41) is 3.14. The molecule has 1 saturated heterocycles. The molecule has 1 N–H and O–H groups in total. The maximum atomic E-state index is 13.7. The van der Waals surface area contributed by atoms with Gasteiger partial charge in [-0.15, -0.1) is 0 Å². The normalized spacial score (nSPS) is 20.3. The van der Waals surface area contributed by atoms with Crippen molar-refractivity contribution >= 4 is 33.5 Å². The highest BCUT2D eigenvalue weighted by Crippen LogP contribution is 2.42. The van der Waals surface area contributed by atoms with Crippen LogP contribution in [0.5, 0.6) is 0 Å². The number of rotatable bonds is 9. The van der Waals surface area contributed by atoms with Crippen LogP contribution in [0, 0.1) is 5.92 Å². The van der Waals surface area contributed by atoms with Crippen molar-refractivity contribution in [3.63, 3.8) is 0 Å². The van der Waals surface area contributed by atoms with Crippen molar-refractivity contribution in [1.82, 2.24) is 10.2 Å². The van der Waals surface area contributed by atoms with Gasteiger partial charge in [-0.05, 0) is 81.6 Å². The van der Waals surface area contributed by atoms with Crippen LogP contribution >= 0.6 is 15.9 Å². The van der Waals surface area contributed by atoms with Gasteiger partial charge >= 0.3 is 5.97 Å². The molecule has 0 radical (unpaired) electrons. The van der Waals surface area contributed by atoms with Gasteiger partial charge in [0.1, 0.15) is 5.92 Å². The van der Waals surface area contributed by atoms with Crippen molar-refractivity contribution in [3.8, 4) is 0 Å². The van der Waals surface area contributed by atoms with E-state index in [1.807, 2.05) is 38.1 Å². The highest BCUT2D eigenvalue weighted by molar-refractivity contribution is 9.10. The van der Waals surface area contributed by atoms with Gasteiger partial charge in [0.25, 0.3) is 0 Å². The summed E-state index contributed by atoms with van der Waals surface area (Å²) < 4.78 is 6.08. The molecule has 1 amide bonds. The summed E-state index contributed by atoms with van der Waals surface area (Å²) in [5.74, 6) is -1.69. The number of amides is 1. The molecule has 6 nitrogen and oxygen atoms in total. The van der Waals surface area contributed by atoms with E-state index in [1.54, 1.807) is 0 Å². The number of methoxy groups -OCH3 is 1. The minimum Gasteiger partial charge on any atom is -0.468 e. The van der Waals surface area contributed by atoms with Gasteiger partial charge in [0.15, 0.2) is 0 Å². The van der Waals surface area contributed by atoms with E-state index in [-0.39, 0.29) is 17.3 Å². The van der Waals surface area contributed by atoms with Crippen molar-refractivity contribution in [2.24, 2.45) is 10.9 Å². The van der Waals surface area contributed by atoms with Gasteiger partial charge in [-0.25, -0.2) is 0 Å². The molecule has 5 rings (SSSR count). The average Bonchev–Trinajstić information content (AvgIpc) is 3.04. The highest BCUT2D eigenvalue weighted by atomic mass is 79.9. The zero-order valence-corrected chi connectivity index (χ0v) is 26.8. The molecule has 0 bridgehead atoms. The first-order valence-electron chi connectivity index (χ1n) is 15.0. The van der Waals surface area contributed by atoms with Crippen molar-refractivity contribution in [1.29, 1.82) is 0 Å². The number of hydrogen-bond donors (Lipinski definition) is 1. The van der Waals surface area contributed by atoms with Gasteiger partial charge in [0, 0.05) is 39.3 Å². The number of nitrogens with zero attached hydrogens (tertiary/aromatic N) is 2. The van der Waals surface area contributed by atoms with E-state index in [4.69, 9.17) is 4.74 Å². The molecule has 0 aliphatic carbocycles. The SMILES string of the molecule is COC(=O)C1C(C)=NC(C)=C(C(=O)NCCCN2CCC(c3ccccc3)(c3ccccc3)CC2)C1c1ccc(Br)cc1. The first-order chi connectivity index (χ1) is 20.8. The first-order valence-corrected chi connectivity index (χ1v) is 15.8. The Bertz CT molecular complexity index is 1440. The molecule has 1 fully saturated rings. The summed E-state index contributed by atoms with van der Waals surface area (Å²) in [7, 11) is 1.38. The van der Waals surface area contributed by atoms with E-state index < -0.39 is 11.8 Å². The van der Waals surface area contributed by atoms with Gasteiger partial charge < -0.3 is 15.0 Å². The Kier molecular flexibility index (Phi) is 9.93. The highest BCUT2D eigenvalue weighted by Gasteiger charge is 2.41. The van der Waals surface area contributed by atoms with E-state index in [9.17, 15) is 9.59 Å². The smallest absolute Gasteiger partial charge is 0.315 e. The van der Waals surface area contributed by atoms with Crippen LogP contribution in [-0.4, -0.2) is 55.8 Å². The number of allylic oxidation sites excluding steroid dienone is 1. The predicted molar refractivity (Wildman–Crippen MR) is 175 cm³/mol. The predicted octanol–water partition coefficient (Wildman–Crippen LogP) is 6.66. The minimum absolute atomic E-state index is 0.0229. The number of benzene rings is 3. The summed E-state index contributed by atoms with van der Waals surface area (Å²) in [4.78, 5) is 33.7. The summed E-state index contributed by atoms with van der Waals surface area (Å²) in [6.45, 7) is 7.14. The van der Waals surface area contributed by atoms with Crippen LogP contribution in [0.4, 0.5) is 0 Å². The number of likely N-dealkylation sites (tertiary alicyclic amines) is 1. The van der Waals surface area contributed by atoms with Crippen molar-refractivity contribution in [2.45, 2.75) is 44.4 Å². The minimum atomic E-state index is -0.654. The monoisotopic (exact) mass is 641 g/mol. The second kappa shape index (κ2) is 13.8. The van der Waals surface area contributed by atoms with Crippen molar-refractivity contribution in [2.75, 3.05) is 33.3 Å². The fourth-order valence-corrected chi connectivity index (χ4v) is 7.08. The number of piperidine rings is 1. The fourth-order valence-electron chi connectivity index (χ4n) is 6.81. The molecule has 2 unspecified atom stereocenters. The van der Waals surface area contributed by atoms with E-state index in [0.717, 1.165) is 48.9 Å². The number of ether oxygens (including phenoxy) is 1. The summed E-state index contributed by atoms with van der Waals surface area (Å²) >= 11 is 3.49. The summed E-state index contributed by atoms with van der Waals surface area (Å²) in [6, 6.07) is 29.5. The molecule has 2 heterocycles. The topological polar surface area (TPSA) is 71.0 Å². The van der Waals surface area contributed by atoms with Crippen LogP contribution in [0.1, 0.15) is 55.7 Å². The van der Waals surface area contributed by atoms with Crippen LogP contribution in [0.25, 0.3) is 0 Å². The Morgan fingerprint density at radius 3 is 2.07 bits per heavy atom. The number of nitrogens with one attached hydrogen (secondary N) is 1. The molecular formula is C36H40BrN3O3. The zero-order chi connectivity index (χ0) is 30.4. The van der Waals surface area contributed by atoms with E-state index in [1.165, 1.54) is 18.2 Å². The lowest BCUT2D eigenvalue weighted by Crippen LogP contribution is -2.44. The Balaban J connectivity index is 1.23. The number of hydrogen-bond acceptors (Lipinski definition) is 5. The van der Waals surface area contributed by atoms with E-state index in [0.29, 0.717) is 23.5 Å². The van der Waals surface area contributed by atoms with Crippen molar-refractivity contribution < 1.29 is 14.3 Å². The fraction of sp³-hybridized carbons (Fsp3) is 0.361. The number of esters is 1. The van der Waals surface area contributed by atoms with Gasteiger partial charge in [-0.1, -0.05) is 88.7 Å². The molecule has 0 spiro atoms. The van der Waals surface area contributed by atoms with E-state index >= 15 is 0 Å². The number of aliphatic imine (C=N–C) groups is 1. The molecule has 0 aromatic heterocycles. The molecule has 2 aliphatic rings. The second-order valence-electron chi connectivity index (χ2n) is 11.5. The van der Waals surface area contributed by atoms with Gasteiger partial charge in [-0.3, -0.25) is 14.6 Å². The molecular weight excluding hydrogens is 602 g/mol. The van der Waals surface area contributed by atoms with Crippen LogP contribution in [-0.2, 0) is 19.7 Å². The van der Waals surface area contributed by atoms with Gasteiger partial charge in [0.2, 0.25) is 5.91 Å². The first kappa shape index (κ1) is 30.9. The molecule has 3 aromatic rings. The van der Waals surface area contributed by atoms with Crippen LogP contribution in [0.15, 0.2) is 106 Å². The summed E-state index contributed by atoms with van der Waals surface area (Å²) in [5.41, 5.74) is 5.48. The third kappa shape index (κ3) is 6.68. The number of carbonyl (C=O) groups is 2. The lowest BCUT2D eigenvalue weighted by molar-refractivity contribution is -0.143. The van der Waals surface area contributed by atoms with Gasteiger partial charge in [-0.2, -0.15) is 0 Å². The zero-order valence-electron chi connectivity index (χ0n) is 25.2. The Morgan fingerprint density at radius 2 is 1.51 bits per heavy atom. The number of halogens is 1. The maximum Gasteiger partial charge on any atom is 0.315 e. The number of carbonyl (C=O) groups excluding carboxylic acids is 2. The quantitative estimate of drug-likeness (QED) is 0.210. The molecule has 2 aliphatic heterocycles. The van der Waals surface area contributed by atoms with Crippen LogP contribution < -0.4 is 5.32 Å². The second-order valence-corrected chi connectivity index (χ2v) is 12.5. The Hall–Kier alpha value is -3.55. The maximum absolute atomic E-state index is 13.7. The van der Waals surface area contributed by atoms with E-state index in [2.05, 4.69) is 91.8 Å². The molecule has 7 heteroatoms. The standard InChI is InChI=1S/C36H40BrN3O3/c1-25-31(33(27-15-17-30(37)18-16-27)32(26(2)39-25)35(42)43-3)34(41)38-21-10-22-40-23-19-36(20-24-40,28-11-6-4-7-12-28)29-13-8-5-9-14-29/h4-9,11-18,32-33H,10,19-24H2,1-3H3,(H,38,41). The van der Waals surface area contributed by atoms with Crippen molar-refractivity contribution in [3.05, 3.63) is 117 Å². The lowest BCUT2D eigenvalue weighted by atomic mass is 9.68. The molecule has 224 valence electrons. The molecule has 2 atom stereocenters. The largest absolute Gasteiger partial charge is 0.468 e. The van der Waals surface area contributed by atoms with Gasteiger partial charge in [0.05, 0.1) is 7.11 Å². The van der Waals surface area contributed by atoms with Crippen LogP contribution in [0.2, 0.25) is 0 Å². The summed E-state index contributed by atoms with van der Waals surface area (Å²) in [6.07, 6.45) is 2.95. The molecule has 43 heavy (non-hydrogen) atoms.